The Morgan fingerprint density at radius 1 is 1.41 bits per heavy atom. The number of hydrogen-bond acceptors (Lipinski definition) is 4. The molecule has 0 aliphatic heterocycles. The summed E-state index contributed by atoms with van der Waals surface area (Å²) in [6, 6.07) is 1.80. The van der Waals surface area contributed by atoms with Gasteiger partial charge in [-0.3, -0.25) is 4.79 Å². The van der Waals surface area contributed by atoms with Crippen molar-refractivity contribution in [2.24, 2.45) is 0 Å². The quantitative estimate of drug-likeness (QED) is 0.804. The smallest absolute Gasteiger partial charge is 0.255 e. The number of hydrogen-bond donors (Lipinski definition) is 1. The summed E-state index contributed by atoms with van der Waals surface area (Å²) in [5.41, 5.74) is 0.514. The van der Waals surface area contributed by atoms with Gasteiger partial charge in [0.15, 0.2) is 0 Å². The van der Waals surface area contributed by atoms with Crippen molar-refractivity contribution in [1.29, 1.82) is 0 Å². The third kappa shape index (κ3) is 3.49. The predicted molar refractivity (Wildman–Crippen MR) is 64.5 cm³/mol. The van der Waals surface area contributed by atoms with Gasteiger partial charge in [0.05, 0.1) is 24.6 Å². The molecular weight excluding hydrogens is 218 g/mol. The molecule has 0 bridgehead atoms. The molecule has 1 N–H and O–H groups in total. The lowest BCUT2D eigenvalue weighted by Gasteiger charge is -2.29. The summed E-state index contributed by atoms with van der Waals surface area (Å²) in [5, 5.41) is 16.4. The number of carbonyl (C=O) groups excluding carboxylic acids is 1. The SMILES string of the molecule is CCC(CC)N(CCO)C(=O)c1ccnnc1. The van der Waals surface area contributed by atoms with Crippen LogP contribution < -0.4 is 0 Å². The molecule has 0 fully saturated rings. The van der Waals surface area contributed by atoms with Gasteiger partial charge in [-0.05, 0) is 18.9 Å². The standard InChI is InChI=1S/C12H19N3O2/c1-3-11(4-2)15(7-8-16)12(17)10-5-6-13-14-9-10/h5-6,9,11,16H,3-4,7-8H2,1-2H3. The molecule has 5 heteroatoms. The molecule has 1 aromatic rings. The molecule has 0 saturated carbocycles. The molecular formula is C12H19N3O2. The highest BCUT2D eigenvalue weighted by Gasteiger charge is 2.21. The van der Waals surface area contributed by atoms with Crippen molar-refractivity contribution >= 4 is 5.91 Å². The maximum Gasteiger partial charge on any atom is 0.255 e. The minimum absolute atomic E-state index is 0.0270. The molecule has 1 amide bonds. The monoisotopic (exact) mass is 237 g/mol. The molecule has 17 heavy (non-hydrogen) atoms. The van der Waals surface area contributed by atoms with Crippen LogP contribution in [0.25, 0.3) is 0 Å². The lowest BCUT2D eigenvalue weighted by Crippen LogP contribution is -2.41. The van der Waals surface area contributed by atoms with E-state index in [2.05, 4.69) is 10.2 Å². The molecule has 0 saturated heterocycles. The Balaban J connectivity index is 2.87. The van der Waals surface area contributed by atoms with Gasteiger partial charge in [-0.1, -0.05) is 13.8 Å². The van der Waals surface area contributed by atoms with E-state index >= 15 is 0 Å². The van der Waals surface area contributed by atoms with Gasteiger partial charge in [-0.25, -0.2) is 0 Å². The Labute approximate surface area is 101 Å². The van der Waals surface area contributed by atoms with Gasteiger partial charge in [0.2, 0.25) is 0 Å². The molecule has 0 atom stereocenters. The van der Waals surface area contributed by atoms with Gasteiger partial charge in [0.25, 0.3) is 5.91 Å². The molecule has 0 radical (unpaired) electrons. The Bertz CT molecular complexity index is 339. The van der Waals surface area contributed by atoms with Gasteiger partial charge >= 0.3 is 0 Å². The summed E-state index contributed by atoms with van der Waals surface area (Å²) >= 11 is 0. The van der Waals surface area contributed by atoms with Crippen LogP contribution in [0.1, 0.15) is 37.0 Å². The average molecular weight is 237 g/mol. The lowest BCUT2D eigenvalue weighted by molar-refractivity contribution is 0.0621. The van der Waals surface area contributed by atoms with Gasteiger partial charge in [-0.2, -0.15) is 10.2 Å². The van der Waals surface area contributed by atoms with E-state index in [9.17, 15) is 4.79 Å². The van der Waals surface area contributed by atoms with E-state index in [1.807, 2.05) is 13.8 Å². The summed E-state index contributed by atoms with van der Waals surface area (Å²) in [6.07, 6.45) is 4.70. The van der Waals surface area contributed by atoms with E-state index in [1.54, 1.807) is 11.0 Å². The second-order valence-electron chi connectivity index (χ2n) is 3.82. The van der Waals surface area contributed by atoms with Crippen LogP contribution in [0.2, 0.25) is 0 Å². The summed E-state index contributed by atoms with van der Waals surface area (Å²) in [7, 11) is 0. The summed E-state index contributed by atoms with van der Waals surface area (Å²) in [4.78, 5) is 13.9. The number of aliphatic hydroxyl groups excluding tert-OH is 1. The van der Waals surface area contributed by atoms with Crippen LogP contribution in [0.5, 0.6) is 0 Å². The summed E-state index contributed by atoms with van der Waals surface area (Å²) < 4.78 is 0. The van der Waals surface area contributed by atoms with Crippen molar-refractivity contribution in [3.8, 4) is 0 Å². The van der Waals surface area contributed by atoms with Crippen LogP contribution in [-0.4, -0.2) is 45.3 Å². The van der Waals surface area contributed by atoms with E-state index in [4.69, 9.17) is 5.11 Å². The third-order valence-corrected chi connectivity index (χ3v) is 2.82. The number of nitrogens with zero attached hydrogens (tertiary/aromatic N) is 3. The molecule has 94 valence electrons. The molecule has 0 aliphatic carbocycles. The van der Waals surface area contributed by atoms with Crippen LogP contribution in [-0.2, 0) is 0 Å². The Morgan fingerprint density at radius 3 is 2.59 bits per heavy atom. The normalized spacial score (nSPS) is 10.6. The van der Waals surface area contributed by atoms with Crippen molar-refractivity contribution in [2.75, 3.05) is 13.2 Å². The molecule has 0 aromatic carbocycles. The second kappa shape index (κ2) is 6.96. The van der Waals surface area contributed by atoms with Gasteiger partial charge < -0.3 is 10.0 Å². The fourth-order valence-electron chi connectivity index (χ4n) is 1.87. The van der Waals surface area contributed by atoms with Crippen LogP contribution in [0.4, 0.5) is 0 Å². The van der Waals surface area contributed by atoms with Crippen molar-refractivity contribution in [3.05, 3.63) is 24.0 Å². The maximum atomic E-state index is 12.2. The van der Waals surface area contributed by atoms with Crippen molar-refractivity contribution in [3.63, 3.8) is 0 Å². The first-order valence-electron chi connectivity index (χ1n) is 5.93. The number of carbonyl (C=O) groups is 1. The summed E-state index contributed by atoms with van der Waals surface area (Å²) in [5.74, 6) is -0.0948. The maximum absolute atomic E-state index is 12.2. The third-order valence-electron chi connectivity index (χ3n) is 2.82. The fourth-order valence-corrected chi connectivity index (χ4v) is 1.87. The zero-order valence-corrected chi connectivity index (χ0v) is 10.3. The van der Waals surface area contributed by atoms with Crippen molar-refractivity contribution in [2.45, 2.75) is 32.7 Å². The molecule has 0 unspecified atom stereocenters. The minimum Gasteiger partial charge on any atom is -0.395 e. The number of rotatable bonds is 6. The molecule has 1 aromatic heterocycles. The Hall–Kier alpha value is -1.49. The first kappa shape index (κ1) is 13.6. The minimum atomic E-state index is -0.0948. The molecule has 5 nitrogen and oxygen atoms in total. The zero-order chi connectivity index (χ0) is 12.7. The molecule has 1 rings (SSSR count). The highest BCUT2D eigenvalue weighted by atomic mass is 16.3. The van der Waals surface area contributed by atoms with Crippen molar-refractivity contribution in [1.82, 2.24) is 15.1 Å². The van der Waals surface area contributed by atoms with Crippen LogP contribution in [0.3, 0.4) is 0 Å². The van der Waals surface area contributed by atoms with Gasteiger partial charge in [0.1, 0.15) is 0 Å². The largest absolute Gasteiger partial charge is 0.395 e. The average Bonchev–Trinajstić information content (AvgIpc) is 2.39. The van der Waals surface area contributed by atoms with E-state index in [-0.39, 0.29) is 18.6 Å². The van der Waals surface area contributed by atoms with Crippen LogP contribution >= 0.6 is 0 Å². The summed E-state index contributed by atoms with van der Waals surface area (Å²) in [6.45, 7) is 4.40. The first-order valence-corrected chi connectivity index (χ1v) is 5.93. The fraction of sp³-hybridized carbons (Fsp3) is 0.583. The first-order chi connectivity index (χ1) is 8.24. The number of aromatic nitrogens is 2. The van der Waals surface area contributed by atoms with E-state index < -0.39 is 0 Å². The van der Waals surface area contributed by atoms with Crippen LogP contribution in [0.15, 0.2) is 18.5 Å². The van der Waals surface area contributed by atoms with Crippen molar-refractivity contribution < 1.29 is 9.90 Å². The lowest BCUT2D eigenvalue weighted by atomic mass is 10.1. The highest BCUT2D eigenvalue weighted by molar-refractivity contribution is 5.94. The molecule has 1 heterocycles. The van der Waals surface area contributed by atoms with Gasteiger partial charge in [-0.15, -0.1) is 0 Å². The molecule has 0 aliphatic rings. The van der Waals surface area contributed by atoms with Crippen LogP contribution in [0, 0.1) is 0 Å². The number of amides is 1. The Kier molecular flexibility index (Phi) is 5.56. The highest BCUT2D eigenvalue weighted by Crippen LogP contribution is 2.12. The number of aliphatic hydroxyl groups is 1. The predicted octanol–water partition coefficient (Wildman–Crippen LogP) is 1.10. The van der Waals surface area contributed by atoms with Gasteiger partial charge in [0, 0.05) is 12.6 Å². The van der Waals surface area contributed by atoms with E-state index in [1.165, 1.54) is 12.4 Å². The second-order valence-corrected chi connectivity index (χ2v) is 3.82. The Morgan fingerprint density at radius 2 is 2.12 bits per heavy atom. The topological polar surface area (TPSA) is 66.3 Å². The van der Waals surface area contributed by atoms with E-state index in [0.29, 0.717) is 12.1 Å². The zero-order valence-electron chi connectivity index (χ0n) is 10.3. The molecule has 0 spiro atoms. The van der Waals surface area contributed by atoms with E-state index in [0.717, 1.165) is 12.8 Å².